The maximum atomic E-state index is 10.2. The first kappa shape index (κ1) is 11.9. The molecule has 2 aromatic carbocycles. The quantitative estimate of drug-likeness (QED) is 0.631. The number of aryl methyl sites for hydroxylation is 1. The summed E-state index contributed by atoms with van der Waals surface area (Å²) in [6, 6.07) is 6.42. The highest BCUT2D eigenvalue weighted by atomic mass is 16.5. The Morgan fingerprint density at radius 2 is 1.87 bits per heavy atom. The number of phenols is 4. The van der Waals surface area contributed by atoms with Gasteiger partial charge in [-0.2, -0.15) is 0 Å². The molecule has 1 aliphatic rings. The zero-order chi connectivity index (χ0) is 18.8. The van der Waals surface area contributed by atoms with Crippen molar-refractivity contribution in [1.29, 1.82) is 4.29 Å². The lowest BCUT2D eigenvalue weighted by Crippen LogP contribution is -2.32. The highest BCUT2D eigenvalue weighted by molar-refractivity contribution is 5.53. The van der Waals surface area contributed by atoms with Crippen LogP contribution >= 0.6 is 0 Å². The van der Waals surface area contributed by atoms with Crippen LogP contribution in [-0.4, -0.2) is 37.9 Å². The maximum absolute atomic E-state index is 10.2. The summed E-state index contributed by atoms with van der Waals surface area (Å²) in [6.45, 7) is 1.85. The molecule has 122 valence electrons. The SMILES string of the molecule is [3H]Oc1cc(C2Oc3cc(C)cc(O)c3C[C@@H]2OC)cc(O[3H])c1O[3H]. The molecule has 0 aromatic heterocycles. The highest BCUT2D eigenvalue weighted by Crippen LogP contribution is 2.44. The summed E-state index contributed by atoms with van der Waals surface area (Å²) in [6.07, 6.45) is -0.625. The number of hydrogen-bond donors (Lipinski definition) is 4. The number of methoxy groups -OCH3 is 1. The first-order chi connectivity index (χ1) is 12.5. The van der Waals surface area contributed by atoms with Gasteiger partial charge in [-0.15, -0.1) is 0 Å². The van der Waals surface area contributed by atoms with Crippen LogP contribution in [0.25, 0.3) is 0 Å². The van der Waals surface area contributed by atoms with Gasteiger partial charge in [-0.1, -0.05) is 0 Å². The molecule has 0 fully saturated rings. The van der Waals surface area contributed by atoms with Crippen LogP contribution in [0, 0.1) is 6.92 Å². The van der Waals surface area contributed by atoms with E-state index in [1.54, 1.807) is 6.07 Å². The Morgan fingerprint density at radius 1 is 1.13 bits per heavy atom. The van der Waals surface area contributed by atoms with Crippen LogP contribution in [0.15, 0.2) is 24.3 Å². The van der Waals surface area contributed by atoms with Crippen molar-refractivity contribution in [2.24, 2.45) is 0 Å². The van der Waals surface area contributed by atoms with Gasteiger partial charge in [0.25, 0.3) is 4.29 Å². The number of fused-ring (bicyclic) bond motifs is 1. The van der Waals surface area contributed by atoms with Crippen molar-refractivity contribution in [3.63, 3.8) is 0 Å². The first-order valence-corrected chi connectivity index (χ1v) is 7.11. The van der Waals surface area contributed by atoms with Crippen molar-refractivity contribution in [2.45, 2.75) is 25.6 Å². The van der Waals surface area contributed by atoms with Gasteiger partial charge in [0.2, 0.25) is 0 Å². The third-order valence-corrected chi connectivity index (χ3v) is 4.00. The van der Waals surface area contributed by atoms with Crippen LogP contribution in [-0.2, 0) is 11.2 Å². The molecule has 2 atom stereocenters. The second-order valence-electron chi connectivity index (χ2n) is 5.62. The molecule has 0 saturated carbocycles. The number of ether oxygens (including phenoxy) is 2. The number of phenolic OH excluding ortho intramolecular Hbond substituents is 4. The summed E-state index contributed by atoms with van der Waals surface area (Å²) >= 11 is 0. The van der Waals surface area contributed by atoms with Crippen LogP contribution < -0.4 is 4.74 Å². The van der Waals surface area contributed by atoms with Gasteiger partial charge in [0.05, 0.1) is 0 Å². The fraction of sp³-hybridized carbons (Fsp3) is 0.294. The molecule has 3 rings (SSSR count). The van der Waals surface area contributed by atoms with Crippen LogP contribution in [0.2, 0.25) is 0 Å². The molecular formula is C17H18O6. The molecule has 0 radical (unpaired) electrons. The van der Waals surface area contributed by atoms with Crippen molar-refractivity contribution in [3.8, 4) is 28.7 Å². The standard InChI is InChI=1S/C17H18O6/c1-8-3-11(18)10-7-15(22-2)17(23-14(10)4-8)9-5-12(19)16(21)13(20)6-9/h3-6,15,17-21H,7H2,1-2H3/t15-,17?/m0/s1/i/hT3. The molecule has 1 aliphatic heterocycles. The Balaban J connectivity index is 2.07. The van der Waals surface area contributed by atoms with Gasteiger partial charge in [-0.25, -0.2) is 0 Å². The van der Waals surface area contributed by atoms with Crippen LogP contribution in [0.1, 0.15) is 22.8 Å². The second-order valence-corrected chi connectivity index (χ2v) is 5.62. The Kier molecular flexibility index (Phi) is 2.87. The average Bonchev–Trinajstić information content (AvgIpc) is 2.65. The summed E-state index contributed by atoms with van der Waals surface area (Å²) < 4.78 is 32.9. The van der Waals surface area contributed by atoms with E-state index in [0.717, 1.165) is 5.56 Å². The normalized spacial score (nSPS) is 21.2. The molecule has 4 N–H and O–H groups in total. The van der Waals surface area contributed by atoms with E-state index < -0.39 is 12.2 Å². The lowest BCUT2D eigenvalue weighted by molar-refractivity contribution is -0.0122. The minimum atomic E-state index is -0.601. The van der Waals surface area contributed by atoms with Gasteiger partial charge >= 0.3 is 0 Å². The summed E-state index contributed by atoms with van der Waals surface area (Å²) in [7, 11) is 1.53. The molecule has 1 heterocycles. The van der Waals surface area contributed by atoms with Crippen molar-refractivity contribution in [1.82, 2.24) is 0 Å². The van der Waals surface area contributed by atoms with Crippen molar-refractivity contribution >= 4 is 0 Å². The molecule has 0 aliphatic carbocycles. The Bertz CT molecular complexity index is 788. The van der Waals surface area contributed by atoms with Crippen LogP contribution in [0.5, 0.6) is 28.7 Å². The van der Waals surface area contributed by atoms with E-state index in [4.69, 9.17) is 13.8 Å². The molecular weight excluding hydrogens is 300 g/mol. The predicted octanol–water partition coefficient (Wildman–Crippen LogP) is 2.51. The summed E-state index contributed by atoms with van der Waals surface area (Å²) in [5, 5.41) is 23.6. The summed E-state index contributed by atoms with van der Waals surface area (Å²) in [5.74, 6) is 0.316. The van der Waals surface area contributed by atoms with Gasteiger partial charge in [0, 0.05) is 24.7 Å². The fourth-order valence-electron chi connectivity index (χ4n) is 2.85. The Morgan fingerprint density at radius 3 is 2.48 bits per heavy atom. The van der Waals surface area contributed by atoms with Gasteiger partial charge in [-0.05, 0) is 36.8 Å². The Hall–Kier alpha value is -2.60. The third-order valence-electron chi connectivity index (χ3n) is 4.00. The van der Waals surface area contributed by atoms with Crippen LogP contribution in [0.4, 0.5) is 0 Å². The molecule has 0 bridgehead atoms. The predicted molar refractivity (Wildman–Crippen MR) is 82.2 cm³/mol. The largest absolute Gasteiger partial charge is 0.508 e. The molecule has 1 unspecified atom stereocenters. The van der Waals surface area contributed by atoms with Gasteiger partial charge in [-0.3, -0.25) is 0 Å². The minimum absolute atomic E-state index is 0.0870. The zero-order valence-electron chi connectivity index (χ0n) is 15.7. The number of benzene rings is 2. The molecule has 0 spiro atoms. The number of hydrogen-bond acceptors (Lipinski definition) is 6. The summed E-state index contributed by atoms with van der Waals surface area (Å²) in [4.78, 5) is 0. The molecule has 0 saturated heterocycles. The number of rotatable bonds is 5. The number of aromatic hydroxyl groups is 4. The van der Waals surface area contributed by atoms with E-state index in [-0.39, 0.29) is 23.0 Å². The highest BCUT2D eigenvalue weighted by Gasteiger charge is 2.34. The van der Waals surface area contributed by atoms with Crippen LogP contribution in [0.3, 0.4) is 0 Å². The summed E-state index contributed by atoms with van der Waals surface area (Å²) in [5.41, 5.74) is 2.02. The molecule has 23 heavy (non-hydrogen) atoms. The third kappa shape index (κ3) is 2.61. The van der Waals surface area contributed by atoms with Crippen molar-refractivity contribution in [2.75, 3.05) is 7.11 Å². The lowest BCUT2D eigenvalue weighted by Gasteiger charge is -2.33. The van der Waals surface area contributed by atoms with Crippen molar-refractivity contribution < 1.29 is 29.9 Å². The molecule has 0 amide bonds. The zero-order valence-corrected chi connectivity index (χ0v) is 12.7. The van der Waals surface area contributed by atoms with Gasteiger partial charge in [0.1, 0.15) is 17.6 Å². The van der Waals surface area contributed by atoms with E-state index in [2.05, 4.69) is 15.3 Å². The van der Waals surface area contributed by atoms with Gasteiger partial charge < -0.3 is 29.9 Å². The van der Waals surface area contributed by atoms with Gasteiger partial charge in [0.15, 0.2) is 23.4 Å². The molecule has 6 heteroatoms. The van der Waals surface area contributed by atoms with E-state index in [0.29, 0.717) is 23.3 Å². The van der Waals surface area contributed by atoms with E-state index in [1.807, 2.05) is 13.0 Å². The smallest absolute Gasteiger partial charge is 0.293 e. The van der Waals surface area contributed by atoms with E-state index in [1.165, 1.54) is 19.2 Å². The average molecular weight is 324 g/mol. The minimum Gasteiger partial charge on any atom is -0.508 e. The maximum Gasteiger partial charge on any atom is 0.293 e. The molecule has 6 nitrogen and oxygen atoms in total. The first-order valence-electron chi connectivity index (χ1n) is 8.34. The second kappa shape index (κ2) is 5.55. The van der Waals surface area contributed by atoms with E-state index in [9.17, 15) is 5.11 Å². The lowest BCUT2D eigenvalue weighted by atomic mass is 9.93. The van der Waals surface area contributed by atoms with E-state index >= 15 is 0 Å². The van der Waals surface area contributed by atoms with Crippen molar-refractivity contribution in [3.05, 3.63) is 41.0 Å². The fourth-order valence-corrected chi connectivity index (χ4v) is 2.85. The molecule has 2 aromatic rings. The monoisotopic (exact) mass is 324 g/mol. The topological polar surface area (TPSA) is 99.4 Å². The Labute approximate surface area is 137 Å².